The van der Waals surface area contributed by atoms with Crippen molar-refractivity contribution in [3.63, 3.8) is 0 Å². The van der Waals surface area contributed by atoms with Gasteiger partial charge in [0.15, 0.2) is 11.9 Å². The van der Waals surface area contributed by atoms with Crippen molar-refractivity contribution in [1.82, 2.24) is 0 Å². The van der Waals surface area contributed by atoms with E-state index in [4.69, 9.17) is 24.1 Å². The molecule has 8 nitrogen and oxygen atoms in total. The van der Waals surface area contributed by atoms with Gasteiger partial charge in [0.25, 0.3) is 0 Å². The zero-order valence-electron chi connectivity index (χ0n) is 13.6. The third-order valence-electron chi connectivity index (χ3n) is 3.11. The maximum absolute atomic E-state index is 11.7. The minimum atomic E-state index is -1.33. The standard InChI is InChI=1S/C15H26O8/c1-3-5-6-20-8-10(17)9-22-13-12(11(18)7-16)23-15(19)14(13)21-4-2/h10-12,16-18H,3-9H2,1-2H3/t10?,11-,12+/m0/s1. The summed E-state index contributed by atoms with van der Waals surface area (Å²) >= 11 is 0. The molecule has 0 aromatic rings. The maximum Gasteiger partial charge on any atom is 0.378 e. The number of carbonyl (C=O) groups excluding carboxylic acids is 1. The summed E-state index contributed by atoms with van der Waals surface area (Å²) in [6.07, 6.45) is -1.48. The Morgan fingerprint density at radius 1 is 1.22 bits per heavy atom. The Kier molecular flexibility index (Phi) is 8.93. The molecule has 1 aliphatic rings. The van der Waals surface area contributed by atoms with Crippen LogP contribution in [0.15, 0.2) is 11.5 Å². The van der Waals surface area contributed by atoms with Crippen LogP contribution in [0.2, 0.25) is 0 Å². The average Bonchev–Trinajstić information content (AvgIpc) is 2.85. The first-order valence-corrected chi connectivity index (χ1v) is 7.80. The monoisotopic (exact) mass is 334 g/mol. The Labute approximate surface area is 135 Å². The van der Waals surface area contributed by atoms with Crippen molar-refractivity contribution < 1.29 is 39.1 Å². The number of rotatable bonds is 12. The number of aliphatic hydroxyl groups is 3. The Morgan fingerprint density at radius 2 is 1.96 bits per heavy atom. The zero-order valence-corrected chi connectivity index (χ0v) is 13.6. The van der Waals surface area contributed by atoms with Gasteiger partial charge < -0.3 is 34.3 Å². The highest BCUT2D eigenvalue weighted by Crippen LogP contribution is 2.27. The summed E-state index contributed by atoms with van der Waals surface area (Å²) in [5.74, 6) is -0.942. The molecule has 1 aliphatic heterocycles. The predicted octanol–water partition coefficient (Wildman–Crippen LogP) is -0.293. The second-order valence-electron chi connectivity index (χ2n) is 5.10. The van der Waals surface area contributed by atoms with Crippen LogP contribution in [-0.4, -0.2) is 72.6 Å². The fourth-order valence-corrected chi connectivity index (χ4v) is 1.92. The van der Waals surface area contributed by atoms with Crippen LogP contribution in [0, 0.1) is 0 Å². The second-order valence-corrected chi connectivity index (χ2v) is 5.10. The van der Waals surface area contributed by atoms with Crippen molar-refractivity contribution in [2.45, 2.75) is 45.0 Å². The molecule has 0 aromatic carbocycles. The summed E-state index contributed by atoms with van der Waals surface area (Å²) in [5.41, 5.74) is 0. The van der Waals surface area contributed by atoms with Crippen LogP contribution in [0.4, 0.5) is 0 Å². The lowest BCUT2D eigenvalue weighted by atomic mass is 10.2. The minimum absolute atomic E-state index is 0.0222. The maximum atomic E-state index is 11.7. The summed E-state index contributed by atoms with van der Waals surface area (Å²) in [7, 11) is 0. The predicted molar refractivity (Wildman–Crippen MR) is 79.3 cm³/mol. The number of aliphatic hydroxyl groups excluding tert-OH is 3. The lowest BCUT2D eigenvalue weighted by Gasteiger charge is -2.20. The van der Waals surface area contributed by atoms with Crippen LogP contribution in [0.25, 0.3) is 0 Å². The van der Waals surface area contributed by atoms with Crippen molar-refractivity contribution in [2.24, 2.45) is 0 Å². The van der Waals surface area contributed by atoms with Gasteiger partial charge in [0.05, 0.1) is 19.8 Å². The normalized spacial score (nSPS) is 20.4. The first kappa shape index (κ1) is 19.7. The Balaban J connectivity index is 2.61. The van der Waals surface area contributed by atoms with Crippen molar-refractivity contribution in [3.8, 4) is 0 Å². The fourth-order valence-electron chi connectivity index (χ4n) is 1.92. The van der Waals surface area contributed by atoms with E-state index < -0.39 is 30.9 Å². The highest BCUT2D eigenvalue weighted by Gasteiger charge is 2.41. The first-order chi connectivity index (χ1) is 11.0. The van der Waals surface area contributed by atoms with E-state index in [0.717, 1.165) is 12.8 Å². The van der Waals surface area contributed by atoms with Gasteiger partial charge in [-0.1, -0.05) is 13.3 Å². The molecule has 23 heavy (non-hydrogen) atoms. The number of carbonyl (C=O) groups is 1. The number of hydrogen-bond acceptors (Lipinski definition) is 8. The van der Waals surface area contributed by atoms with E-state index in [9.17, 15) is 15.0 Å². The molecule has 0 spiro atoms. The van der Waals surface area contributed by atoms with Crippen LogP contribution in [0.3, 0.4) is 0 Å². The smallest absolute Gasteiger partial charge is 0.378 e. The molecule has 3 N–H and O–H groups in total. The van der Waals surface area contributed by atoms with Crippen LogP contribution in [0.1, 0.15) is 26.7 Å². The van der Waals surface area contributed by atoms with Gasteiger partial charge in [0.1, 0.15) is 18.8 Å². The number of ether oxygens (including phenoxy) is 4. The van der Waals surface area contributed by atoms with Gasteiger partial charge in [-0.05, 0) is 13.3 Å². The van der Waals surface area contributed by atoms with Crippen LogP contribution >= 0.6 is 0 Å². The third kappa shape index (κ3) is 5.98. The fraction of sp³-hybridized carbons (Fsp3) is 0.800. The van der Waals surface area contributed by atoms with Gasteiger partial charge in [0, 0.05) is 6.61 Å². The van der Waals surface area contributed by atoms with Gasteiger partial charge >= 0.3 is 5.97 Å². The lowest BCUT2D eigenvalue weighted by Crippen LogP contribution is -2.33. The van der Waals surface area contributed by atoms with Gasteiger partial charge in [-0.3, -0.25) is 0 Å². The third-order valence-corrected chi connectivity index (χ3v) is 3.11. The lowest BCUT2D eigenvalue weighted by molar-refractivity contribution is -0.148. The Morgan fingerprint density at radius 3 is 2.57 bits per heavy atom. The molecule has 0 bridgehead atoms. The van der Waals surface area contributed by atoms with Gasteiger partial charge in [0.2, 0.25) is 5.76 Å². The summed E-state index contributed by atoms with van der Waals surface area (Å²) in [6, 6.07) is 0. The van der Waals surface area contributed by atoms with E-state index in [1.54, 1.807) is 6.92 Å². The van der Waals surface area contributed by atoms with Gasteiger partial charge in [-0.2, -0.15) is 0 Å². The molecule has 0 aromatic heterocycles. The van der Waals surface area contributed by atoms with E-state index in [-0.39, 0.29) is 31.3 Å². The van der Waals surface area contributed by atoms with E-state index in [0.29, 0.717) is 6.61 Å². The topological polar surface area (TPSA) is 115 Å². The molecular weight excluding hydrogens is 308 g/mol. The molecule has 0 aliphatic carbocycles. The molecule has 0 saturated heterocycles. The molecular formula is C15H26O8. The highest BCUT2D eigenvalue weighted by molar-refractivity contribution is 5.89. The van der Waals surface area contributed by atoms with Gasteiger partial charge in [-0.15, -0.1) is 0 Å². The molecule has 3 atom stereocenters. The number of cyclic esters (lactones) is 1. The van der Waals surface area contributed by atoms with Gasteiger partial charge in [-0.25, -0.2) is 4.79 Å². The Bertz CT molecular complexity index is 395. The molecule has 0 radical (unpaired) electrons. The van der Waals surface area contributed by atoms with Crippen molar-refractivity contribution >= 4 is 5.97 Å². The number of unbranched alkanes of at least 4 members (excludes halogenated alkanes) is 1. The van der Waals surface area contributed by atoms with Crippen molar-refractivity contribution in [1.29, 1.82) is 0 Å². The summed E-state index contributed by atoms with van der Waals surface area (Å²) in [5, 5.41) is 28.6. The average molecular weight is 334 g/mol. The van der Waals surface area contributed by atoms with E-state index in [1.807, 2.05) is 6.92 Å². The summed E-state index contributed by atoms with van der Waals surface area (Å²) in [4.78, 5) is 11.7. The van der Waals surface area contributed by atoms with E-state index in [2.05, 4.69) is 0 Å². The summed E-state index contributed by atoms with van der Waals surface area (Å²) < 4.78 is 20.8. The van der Waals surface area contributed by atoms with Crippen LogP contribution in [0.5, 0.6) is 0 Å². The minimum Gasteiger partial charge on any atom is -0.487 e. The summed E-state index contributed by atoms with van der Waals surface area (Å²) in [6.45, 7) is 3.82. The van der Waals surface area contributed by atoms with E-state index in [1.165, 1.54) is 0 Å². The van der Waals surface area contributed by atoms with Crippen molar-refractivity contribution in [2.75, 3.05) is 33.0 Å². The number of esters is 1. The molecule has 8 heteroatoms. The largest absolute Gasteiger partial charge is 0.487 e. The zero-order chi connectivity index (χ0) is 17.2. The molecule has 0 fully saturated rings. The Hall–Kier alpha value is -1.35. The molecule has 134 valence electrons. The first-order valence-electron chi connectivity index (χ1n) is 7.80. The molecule has 1 unspecified atom stereocenters. The molecule has 0 saturated carbocycles. The molecule has 1 rings (SSSR count). The molecule has 1 heterocycles. The SMILES string of the molecule is CCCCOCC(O)COC1=C(OCC)C(=O)O[C@@H]1[C@@H](O)CO. The van der Waals surface area contributed by atoms with Crippen LogP contribution < -0.4 is 0 Å². The molecule has 0 amide bonds. The quantitative estimate of drug-likeness (QED) is 0.329. The highest BCUT2D eigenvalue weighted by atomic mass is 16.6. The second kappa shape index (κ2) is 10.4. The number of hydrogen-bond donors (Lipinski definition) is 3. The van der Waals surface area contributed by atoms with E-state index >= 15 is 0 Å². The van der Waals surface area contributed by atoms with Crippen molar-refractivity contribution in [3.05, 3.63) is 11.5 Å². The van der Waals surface area contributed by atoms with Crippen LogP contribution in [-0.2, 0) is 23.7 Å².